The van der Waals surface area contributed by atoms with Gasteiger partial charge >= 0.3 is 6.03 Å². The molecule has 0 saturated carbocycles. The molecule has 33 heavy (non-hydrogen) atoms. The highest BCUT2D eigenvalue weighted by Gasteiger charge is 2.49. The lowest BCUT2D eigenvalue weighted by Gasteiger charge is -2.25. The van der Waals surface area contributed by atoms with Gasteiger partial charge in [-0.15, -0.1) is 0 Å². The zero-order chi connectivity index (χ0) is 23.6. The summed E-state index contributed by atoms with van der Waals surface area (Å²) in [5.41, 5.74) is 0.331. The van der Waals surface area contributed by atoms with E-state index in [9.17, 15) is 14.4 Å². The average Bonchev–Trinajstić information content (AvgIpc) is 2.95. The summed E-state index contributed by atoms with van der Waals surface area (Å²) in [6.07, 6.45) is 0.808. The number of nitrogens with zero attached hydrogens (tertiary/aromatic N) is 1. The van der Waals surface area contributed by atoms with Gasteiger partial charge in [-0.2, -0.15) is 0 Å². The predicted molar refractivity (Wildman–Crippen MR) is 122 cm³/mol. The minimum atomic E-state index is -1.20. The van der Waals surface area contributed by atoms with Gasteiger partial charge in [-0.1, -0.05) is 50.2 Å². The van der Waals surface area contributed by atoms with E-state index in [-0.39, 0.29) is 18.5 Å². The molecule has 8 heteroatoms. The number of nitrogens with one attached hydrogen (secondary N) is 2. The molecule has 2 N–H and O–H groups in total. The quantitative estimate of drug-likeness (QED) is 0.658. The van der Waals surface area contributed by atoms with E-state index in [0.717, 1.165) is 16.9 Å². The number of hydrogen-bond donors (Lipinski definition) is 2. The van der Waals surface area contributed by atoms with Gasteiger partial charge in [-0.25, -0.2) is 4.79 Å². The van der Waals surface area contributed by atoms with Crippen LogP contribution in [0.15, 0.2) is 48.5 Å². The molecule has 2 aliphatic heterocycles. The molecule has 174 valence electrons. The molecule has 2 aromatic carbocycles. The molecule has 0 unspecified atom stereocenters. The summed E-state index contributed by atoms with van der Waals surface area (Å²) < 4.78 is 11.5. The number of carbonyl (C=O) groups is 3. The number of amides is 4. The van der Waals surface area contributed by atoms with Crippen LogP contribution in [-0.2, 0) is 15.1 Å². The highest BCUT2D eigenvalue weighted by atomic mass is 16.5. The lowest BCUT2D eigenvalue weighted by atomic mass is 9.92. The van der Waals surface area contributed by atoms with Crippen molar-refractivity contribution < 1.29 is 23.9 Å². The van der Waals surface area contributed by atoms with Gasteiger partial charge in [0.1, 0.15) is 12.1 Å². The molecule has 1 saturated heterocycles. The maximum atomic E-state index is 13.1. The summed E-state index contributed by atoms with van der Waals surface area (Å²) in [4.78, 5) is 39.6. The minimum Gasteiger partial charge on any atom is -0.490 e. The van der Waals surface area contributed by atoms with Crippen molar-refractivity contribution in [1.29, 1.82) is 0 Å². The average molecular weight is 452 g/mol. The van der Waals surface area contributed by atoms with Crippen molar-refractivity contribution in [3.8, 4) is 11.5 Å². The Balaban J connectivity index is 1.48. The second-order valence-corrected chi connectivity index (χ2v) is 8.86. The Labute approximate surface area is 193 Å². The maximum Gasteiger partial charge on any atom is 0.325 e. The first-order valence-corrected chi connectivity index (χ1v) is 11.2. The largest absolute Gasteiger partial charge is 0.490 e. The van der Waals surface area contributed by atoms with E-state index in [1.165, 1.54) is 0 Å². The first-order valence-electron chi connectivity index (χ1n) is 11.2. The van der Waals surface area contributed by atoms with E-state index in [1.54, 1.807) is 31.2 Å². The molecule has 1 fully saturated rings. The van der Waals surface area contributed by atoms with Crippen molar-refractivity contribution in [1.82, 2.24) is 15.5 Å². The number of ether oxygens (including phenoxy) is 2. The molecule has 0 bridgehead atoms. The van der Waals surface area contributed by atoms with Gasteiger partial charge in [0.2, 0.25) is 5.91 Å². The van der Waals surface area contributed by atoms with Gasteiger partial charge in [0, 0.05) is 6.42 Å². The number of hydrogen-bond acceptors (Lipinski definition) is 5. The summed E-state index contributed by atoms with van der Waals surface area (Å²) in [6, 6.07) is 13.7. The normalized spacial score (nSPS) is 20.9. The lowest BCUT2D eigenvalue weighted by Crippen LogP contribution is -2.44. The van der Waals surface area contributed by atoms with Gasteiger partial charge in [0.15, 0.2) is 11.5 Å². The van der Waals surface area contributed by atoms with E-state index in [1.807, 2.05) is 38.1 Å². The van der Waals surface area contributed by atoms with Crippen LogP contribution in [0.5, 0.6) is 11.5 Å². The molecule has 0 aromatic heterocycles. The zero-order valence-corrected chi connectivity index (χ0v) is 19.1. The highest BCUT2D eigenvalue weighted by Crippen LogP contribution is 2.34. The van der Waals surface area contributed by atoms with Gasteiger partial charge in [-0.05, 0) is 36.1 Å². The van der Waals surface area contributed by atoms with Crippen LogP contribution in [0.1, 0.15) is 44.4 Å². The van der Waals surface area contributed by atoms with Crippen molar-refractivity contribution in [3.63, 3.8) is 0 Å². The van der Waals surface area contributed by atoms with Gasteiger partial charge in [-0.3, -0.25) is 14.5 Å². The topological polar surface area (TPSA) is 97.0 Å². The molecule has 4 amide bonds. The first kappa shape index (κ1) is 22.6. The van der Waals surface area contributed by atoms with Crippen LogP contribution in [-0.4, -0.2) is 42.5 Å². The third-order valence-electron chi connectivity index (χ3n) is 6.04. The van der Waals surface area contributed by atoms with E-state index >= 15 is 0 Å². The van der Waals surface area contributed by atoms with Crippen LogP contribution in [0.2, 0.25) is 0 Å². The molecule has 2 atom stereocenters. The maximum absolute atomic E-state index is 13.1. The Morgan fingerprint density at radius 3 is 2.48 bits per heavy atom. The smallest absolute Gasteiger partial charge is 0.325 e. The van der Waals surface area contributed by atoms with Crippen LogP contribution in [0.3, 0.4) is 0 Å². The summed E-state index contributed by atoms with van der Waals surface area (Å²) in [7, 11) is 0. The second-order valence-electron chi connectivity index (χ2n) is 8.86. The molecule has 8 nitrogen and oxygen atoms in total. The number of urea groups is 1. The van der Waals surface area contributed by atoms with E-state index in [2.05, 4.69) is 10.6 Å². The fourth-order valence-corrected chi connectivity index (χ4v) is 4.18. The fourth-order valence-electron chi connectivity index (χ4n) is 4.18. The van der Waals surface area contributed by atoms with Crippen LogP contribution < -0.4 is 20.1 Å². The number of carbonyl (C=O) groups excluding carboxylic acids is 3. The summed E-state index contributed by atoms with van der Waals surface area (Å²) in [5, 5.41) is 5.71. The van der Waals surface area contributed by atoms with Crippen molar-refractivity contribution in [2.75, 3.05) is 19.8 Å². The van der Waals surface area contributed by atoms with E-state index in [0.29, 0.717) is 30.3 Å². The number of rotatable bonds is 6. The number of fused-ring (bicyclic) bond motifs is 1. The first-order chi connectivity index (χ1) is 15.8. The van der Waals surface area contributed by atoms with Crippen LogP contribution in [0, 0.1) is 5.92 Å². The molecule has 0 aliphatic carbocycles. The third-order valence-corrected chi connectivity index (χ3v) is 6.04. The van der Waals surface area contributed by atoms with Gasteiger partial charge in [0.25, 0.3) is 5.91 Å². The van der Waals surface area contributed by atoms with E-state index in [4.69, 9.17) is 9.47 Å². The zero-order valence-electron chi connectivity index (χ0n) is 19.1. The molecule has 2 aromatic rings. The predicted octanol–water partition coefficient (Wildman–Crippen LogP) is 3.13. The van der Waals surface area contributed by atoms with Crippen molar-refractivity contribution in [2.45, 2.75) is 38.8 Å². The Morgan fingerprint density at radius 2 is 1.79 bits per heavy atom. The van der Waals surface area contributed by atoms with Crippen LogP contribution in [0.25, 0.3) is 0 Å². The molecule has 0 radical (unpaired) electrons. The standard InChI is InChI=1S/C25H29N3O5/c1-16(2)22(17-10-11-19-20(14-17)33-13-7-12-32-19)26-21(29)15-28-23(30)25(3,27-24(28)31)18-8-5-4-6-9-18/h4-6,8-11,14,16,22H,7,12-13,15H2,1-3H3,(H,26,29)(H,27,31)/t22-,25-/m0/s1. The fraction of sp³-hybridized carbons (Fsp3) is 0.400. The molecular formula is C25H29N3O5. The van der Waals surface area contributed by atoms with Crippen molar-refractivity contribution in [2.24, 2.45) is 5.92 Å². The summed E-state index contributed by atoms with van der Waals surface area (Å²) >= 11 is 0. The Morgan fingerprint density at radius 1 is 1.09 bits per heavy atom. The molecule has 0 spiro atoms. The highest BCUT2D eigenvalue weighted by molar-refractivity contribution is 6.09. The Hall–Kier alpha value is -3.55. The minimum absolute atomic E-state index is 0.0661. The number of benzene rings is 2. The molecule has 4 rings (SSSR count). The van der Waals surface area contributed by atoms with Crippen molar-refractivity contribution in [3.05, 3.63) is 59.7 Å². The van der Waals surface area contributed by atoms with Crippen molar-refractivity contribution >= 4 is 17.8 Å². The molecule has 2 heterocycles. The Bertz CT molecular complexity index is 1060. The monoisotopic (exact) mass is 451 g/mol. The third kappa shape index (κ3) is 4.51. The van der Waals surface area contributed by atoms with Crippen LogP contribution >= 0.6 is 0 Å². The lowest BCUT2D eigenvalue weighted by molar-refractivity contribution is -0.135. The van der Waals surface area contributed by atoms with E-state index < -0.39 is 23.4 Å². The molecule has 2 aliphatic rings. The van der Waals surface area contributed by atoms with Gasteiger partial charge in [0.05, 0.1) is 19.3 Å². The van der Waals surface area contributed by atoms with Gasteiger partial charge < -0.3 is 20.1 Å². The number of imide groups is 1. The summed E-state index contributed by atoms with van der Waals surface area (Å²) in [6.45, 7) is 6.45. The van der Waals surface area contributed by atoms with Crippen LogP contribution in [0.4, 0.5) is 4.79 Å². The SMILES string of the molecule is CC(C)[C@H](NC(=O)CN1C(=O)N[C@@](C)(c2ccccc2)C1=O)c1ccc2c(c1)OCCCO2. The Kier molecular flexibility index (Phi) is 6.26. The molecular weight excluding hydrogens is 422 g/mol. The second kappa shape index (κ2) is 9.13. The summed E-state index contributed by atoms with van der Waals surface area (Å²) in [5.74, 6) is 0.533.